The molecule has 24 heavy (non-hydrogen) atoms. The summed E-state index contributed by atoms with van der Waals surface area (Å²) in [6.07, 6.45) is 29.3. The average Bonchev–Trinajstić information content (AvgIpc) is 2.58. The summed E-state index contributed by atoms with van der Waals surface area (Å²) in [7, 11) is 0. The van der Waals surface area contributed by atoms with Crippen molar-refractivity contribution in [3.63, 3.8) is 0 Å². The van der Waals surface area contributed by atoms with E-state index in [-0.39, 0.29) is 5.97 Å². The van der Waals surface area contributed by atoms with Gasteiger partial charge in [0.1, 0.15) is 0 Å². The Hall–Kier alpha value is -1.83. The molecule has 0 aromatic rings. The van der Waals surface area contributed by atoms with E-state index in [1.807, 2.05) is 6.92 Å². The molecule has 0 rings (SSSR count). The van der Waals surface area contributed by atoms with E-state index in [9.17, 15) is 4.79 Å². The van der Waals surface area contributed by atoms with E-state index in [2.05, 4.69) is 67.7 Å². The van der Waals surface area contributed by atoms with Crippen LogP contribution in [0.5, 0.6) is 0 Å². The largest absolute Gasteiger partial charge is 0.466 e. The highest BCUT2D eigenvalue weighted by Gasteiger charge is 1.98. The van der Waals surface area contributed by atoms with E-state index in [0.29, 0.717) is 13.0 Å². The van der Waals surface area contributed by atoms with Crippen molar-refractivity contribution in [1.29, 1.82) is 0 Å². The summed E-state index contributed by atoms with van der Waals surface area (Å²) in [5.74, 6) is -0.0927. The Balaban J connectivity index is 3.48. The number of carbonyl (C=O) groups excluding carboxylic acids is 1. The molecular formula is C22H34O2. The van der Waals surface area contributed by atoms with E-state index in [1.165, 1.54) is 0 Å². The third kappa shape index (κ3) is 18.2. The fourth-order valence-electron chi connectivity index (χ4n) is 1.97. The van der Waals surface area contributed by atoms with Crippen molar-refractivity contribution < 1.29 is 9.53 Å². The van der Waals surface area contributed by atoms with Crippen LogP contribution < -0.4 is 0 Å². The highest BCUT2D eigenvalue weighted by molar-refractivity contribution is 5.69. The predicted octanol–water partition coefficient (Wildman–Crippen LogP) is 6.47. The van der Waals surface area contributed by atoms with Crippen LogP contribution in [-0.4, -0.2) is 12.6 Å². The van der Waals surface area contributed by atoms with Crippen LogP contribution >= 0.6 is 0 Å². The van der Waals surface area contributed by atoms with Gasteiger partial charge >= 0.3 is 5.97 Å². The van der Waals surface area contributed by atoms with E-state index in [0.717, 1.165) is 44.9 Å². The zero-order valence-corrected chi connectivity index (χ0v) is 15.5. The number of unbranched alkanes of at least 4 members (excludes halogenated alkanes) is 1. The Morgan fingerprint density at radius 3 is 1.62 bits per heavy atom. The normalized spacial score (nSPS) is 12.6. The molecule has 0 saturated heterocycles. The maximum Gasteiger partial charge on any atom is 0.305 e. The number of ether oxygens (including phenoxy) is 1. The molecule has 0 bridgehead atoms. The Bertz CT molecular complexity index is 425. The zero-order chi connectivity index (χ0) is 17.7. The second-order valence-corrected chi connectivity index (χ2v) is 5.41. The van der Waals surface area contributed by atoms with E-state index in [4.69, 9.17) is 4.74 Å². The first-order valence-electron chi connectivity index (χ1n) is 9.21. The van der Waals surface area contributed by atoms with Gasteiger partial charge in [-0.25, -0.2) is 0 Å². The van der Waals surface area contributed by atoms with Crippen LogP contribution in [0, 0.1) is 0 Å². The van der Waals surface area contributed by atoms with Crippen LogP contribution in [0.1, 0.15) is 65.2 Å². The van der Waals surface area contributed by atoms with Gasteiger partial charge in [0.15, 0.2) is 0 Å². The quantitative estimate of drug-likeness (QED) is 0.207. The number of hydrogen-bond acceptors (Lipinski definition) is 2. The fraction of sp³-hybridized carbons (Fsp3) is 0.500. The zero-order valence-electron chi connectivity index (χ0n) is 15.5. The molecule has 134 valence electrons. The van der Waals surface area contributed by atoms with Gasteiger partial charge in [0.25, 0.3) is 0 Å². The van der Waals surface area contributed by atoms with Crippen molar-refractivity contribution in [2.45, 2.75) is 65.2 Å². The lowest BCUT2D eigenvalue weighted by Gasteiger charge is -1.98. The number of hydrogen-bond donors (Lipinski definition) is 0. The number of rotatable bonds is 14. The second kappa shape index (κ2) is 19.2. The van der Waals surface area contributed by atoms with Crippen molar-refractivity contribution in [2.24, 2.45) is 0 Å². The summed E-state index contributed by atoms with van der Waals surface area (Å²) in [4.78, 5) is 11.1. The summed E-state index contributed by atoms with van der Waals surface area (Å²) in [6.45, 7) is 4.46. The molecular weight excluding hydrogens is 296 g/mol. The van der Waals surface area contributed by atoms with E-state index in [1.54, 1.807) is 0 Å². The first-order chi connectivity index (χ1) is 11.8. The third-order valence-electron chi connectivity index (χ3n) is 3.21. The lowest BCUT2D eigenvalue weighted by atomic mass is 10.2. The number of allylic oxidation sites excluding steroid dienone is 10. The van der Waals surface area contributed by atoms with Gasteiger partial charge in [-0.1, -0.05) is 67.7 Å². The molecule has 0 saturated carbocycles. The molecule has 0 heterocycles. The monoisotopic (exact) mass is 330 g/mol. The molecule has 2 heteroatoms. The Labute approximate surface area is 148 Å². The molecule has 0 aromatic carbocycles. The van der Waals surface area contributed by atoms with Gasteiger partial charge in [-0.15, -0.1) is 0 Å². The summed E-state index contributed by atoms with van der Waals surface area (Å²) < 4.78 is 4.88. The van der Waals surface area contributed by atoms with Crippen molar-refractivity contribution in [2.75, 3.05) is 6.61 Å². The SMILES string of the molecule is CC/C=C\C/C=C/C/C=C\C/C=C/C/C=C\CCCC(=O)OCC. The van der Waals surface area contributed by atoms with Crippen molar-refractivity contribution in [3.05, 3.63) is 60.8 Å². The highest BCUT2D eigenvalue weighted by atomic mass is 16.5. The summed E-state index contributed by atoms with van der Waals surface area (Å²) in [5, 5.41) is 0. The molecule has 0 N–H and O–H groups in total. The molecule has 0 aliphatic heterocycles. The lowest BCUT2D eigenvalue weighted by molar-refractivity contribution is -0.143. The highest BCUT2D eigenvalue weighted by Crippen LogP contribution is 2.00. The van der Waals surface area contributed by atoms with Crippen LogP contribution in [0.15, 0.2) is 60.8 Å². The van der Waals surface area contributed by atoms with Gasteiger partial charge in [0.05, 0.1) is 6.61 Å². The standard InChI is InChI=1S/C22H34O2/c1-3-5-6-7-8-9-10-11-12-13-14-15-16-17-18-19-20-21-22(23)24-4-2/h5-6,8-9,11-12,14-15,17-18H,3-4,7,10,13,16,19-21H2,1-2H3/b6-5-,9-8+,12-11-,15-14+,18-17-. The van der Waals surface area contributed by atoms with Gasteiger partial charge in [-0.2, -0.15) is 0 Å². The van der Waals surface area contributed by atoms with Gasteiger partial charge in [0, 0.05) is 6.42 Å². The molecule has 0 aliphatic rings. The molecule has 0 aliphatic carbocycles. The third-order valence-corrected chi connectivity index (χ3v) is 3.21. The van der Waals surface area contributed by atoms with Gasteiger partial charge in [-0.05, 0) is 51.9 Å². The molecule has 0 fully saturated rings. The van der Waals surface area contributed by atoms with Gasteiger partial charge < -0.3 is 4.74 Å². The molecule has 0 amide bonds. The van der Waals surface area contributed by atoms with Crippen LogP contribution in [0.4, 0.5) is 0 Å². The summed E-state index contributed by atoms with van der Waals surface area (Å²) >= 11 is 0. The molecule has 0 unspecified atom stereocenters. The van der Waals surface area contributed by atoms with Crippen LogP contribution in [0.25, 0.3) is 0 Å². The van der Waals surface area contributed by atoms with Crippen molar-refractivity contribution in [1.82, 2.24) is 0 Å². The molecule has 0 aromatic heterocycles. The first kappa shape index (κ1) is 22.2. The van der Waals surface area contributed by atoms with E-state index >= 15 is 0 Å². The smallest absolute Gasteiger partial charge is 0.305 e. The minimum absolute atomic E-state index is 0.0927. The van der Waals surface area contributed by atoms with Crippen molar-refractivity contribution in [3.8, 4) is 0 Å². The minimum atomic E-state index is -0.0927. The Morgan fingerprint density at radius 2 is 1.17 bits per heavy atom. The number of esters is 1. The maximum absolute atomic E-state index is 11.1. The lowest BCUT2D eigenvalue weighted by Crippen LogP contribution is -2.02. The Morgan fingerprint density at radius 1 is 0.708 bits per heavy atom. The maximum atomic E-state index is 11.1. The van der Waals surface area contributed by atoms with Crippen LogP contribution in [-0.2, 0) is 9.53 Å². The van der Waals surface area contributed by atoms with Crippen LogP contribution in [0.2, 0.25) is 0 Å². The van der Waals surface area contributed by atoms with E-state index < -0.39 is 0 Å². The van der Waals surface area contributed by atoms with Gasteiger partial charge in [0.2, 0.25) is 0 Å². The topological polar surface area (TPSA) is 26.3 Å². The predicted molar refractivity (Wildman–Crippen MR) is 105 cm³/mol. The molecule has 0 atom stereocenters. The summed E-state index contributed by atoms with van der Waals surface area (Å²) in [5.41, 5.74) is 0. The fourth-order valence-corrected chi connectivity index (χ4v) is 1.97. The van der Waals surface area contributed by atoms with Crippen molar-refractivity contribution >= 4 is 5.97 Å². The second-order valence-electron chi connectivity index (χ2n) is 5.41. The Kier molecular flexibility index (Phi) is 17.8. The average molecular weight is 331 g/mol. The van der Waals surface area contributed by atoms with Gasteiger partial charge in [-0.3, -0.25) is 4.79 Å². The first-order valence-corrected chi connectivity index (χ1v) is 9.21. The molecule has 0 spiro atoms. The van der Waals surface area contributed by atoms with Crippen LogP contribution in [0.3, 0.4) is 0 Å². The number of carbonyl (C=O) groups is 1. The molecule has 2 nitrogen and oxygen atoms in total. The molecule has 0 radical (unpaired) electrons. The summed E-state index contributed by atoms with van der Waals surface area (Å²) in [6, 6.07) is 0. The minimum Gasteiger partial charge on any atom is -0.466 e.